The van der Waals surface area contributed by atoms with Crippen molar-refractivity contribution < 1.29 is 19.1 Å². The van der Waals surface area contributed by atoms with Crippen LogP contribution in [-0.4, -0.2) is 25.7 Å². The van der Waals surface area contributed by atoms with E-state index >= 15 is 0 Å². The molecule has 96 valence electrons. The van der Waals surface area contributed by atoms with Gasteiger partial charge in [-0.15, -0.1) is 0 Å². The van der Waals surface area contributed by atoms with E-state index in [1.165, 1.54) is 20.1 Å². The van der Waals surface area contributed by atoms with Crippen LogP contribution in [0.1, 0.15) is 33.6 Å². The maximum atomic E-state index is 10.9. The largest absolute Gasteiger partial charge is 0.466 e. The molecule has 17 heavy (non-hydrogen) atoms. The van der Waals surface area contributed by atoms with Gasteiger partial charge in [-0.2, -0.15) is 0 Å². The van der Waals surface area contributed by atoms with Crippen molar-refractivity contribution in [3.63, 3.8) is 0 Å². The zero-order valence-electron chi connectivity index (χ0n) is 10.9. The first-order chi connectivity index (χ1) is 7.95. The van der Waals surface area contributed by atoms with Crippen molar-refractivity contribution in [2.24, 2.45) is 0 Å². The molecule has 0 aliphatic rings. The van der Waals surface area contributed by atoms with Crippen molar-refractivity contribution in [1.29, 1.82) is 0 Å². The zero-order valence-corrected chi connectivity index (χ0v) is 10.9. The van der Waals surface area contributed by atoms with Crippen molar-refractivity contribution in [3.8, 4) is 0 Å². The van der Waals surface area contributed by atoms with E-state index < -0.39 is 0 Å². The van der Waals surface area contributed by atoms with E-state index in [0.29, 0.717) is 6.61 Å². The van der Waals surface area contributed by atoms with Gasteiger partial charge in [-0.1, -0.05) is 11.6 Å². The van der Waals surface area contributed by atoms with Gasteiger partial charge in [0.15, 0.2) is 0 Å². The Kier molecular flexibility index (Phi) is 7.76. The molecule has 0 unspecified atom stereocenters. The fourth-order valence-electron chi connectivity index (χ4n) is 1.15. The number of carbonyl (C=O) groups is 2. The molecule has 0 atom stereocenters. The lowest BCUT2D eigenvalue weighted by atomic mass is 10.1. The highest BCUT2D eigenvalue weighted by molar-refractivity contribution is 5.82. The molecule has 0 aromatic rings. The highest BCUT2D eigenvalue weighted by Crippen LogP contribution is 2.07. The molecule has 0 spiro atoms. The third-order valence-electron chi connectivity index (χ3n) is 2.10. The van der Waals surface area contributed by atoms with Crippen LogP contribution in [0.3, 0.4) is 0 Å². The molecule has 0 bridgehead atoms. The average molecular weight is 240 g/mol. The number of rotatable bonds is 6. The quantitative estimate of drug-likeness (QED) is 0.406. The zero-order chi connectivity index (χ0) is 13.3. The summed E-state index contributed by atoms with van der Waals surface area (Å²) in [6.07, 6.45) is 5.08. The molecule has 0 fully saturated rings. The second-order valence-corrected chi connectivity index (χ2v) is 3.88. The first kappa shape index (κ1) is 15.4. The van der Waals surface area contributed by atoms with Gasteiger partial charge < -0.3 is 9.47 Å². The minimum absolute atomic E-state index is 0.278. The molecule has 0 rings (SSSR count). The molecule has 0 amide bonds. The number of carbonyl (C=O) groups excluding carboxylic acids is 2. The smallest absolute Gasteiger partial charge is 0.330 e. The molecular weight excluding hydrogens is 220 g/mol. The Morgan fingerprint density at radius 2 is 1.76 bits per heavy atom. The monoisotopic (exact) mass is 240 g/mol. The Hall–Kier alpha value is -1.58. The van der Waals surface area contributed by atoms with E-state index in [4.69, 9.17) is 4.74 Å². The molecule has 0 heterocycles. The molecule has 0 N–H and O–H groups in total. The lowest BCUT2D eigenvalue weighted by Gasteiger charge is -2.02. The third-order valence-corrected chi connectivity index (χ3v) is 2.10. The van der Waals surface area contributed by atoms with Gasteiger partial charge in [-0.25, -0.2) is 4.79 Å². The number of ether oxygens (including phenoxy) is 2. The molecule has 0 aromatic carbocycles. The molecule has 0 aromatic heterocycles. The fourth-order valence-corrected chi connectivity index (χ4v) is 1.15. The number of methoxy groups -OCH3 is 1. The van der Waals surface area contributed by atoms with Crippen LogP contribution in [0.5, 0.6) is 0 Å². The Bertz CT molecular complexity index is 326. The molecule has 0 aliphatic heterocycles. The Balaban J connectivity index is 3.96. The third kappa shape index (κ3) is 9.35. The second-order valence-electron chi connectivity index (χ2n) is 3.88. The molecule has 0 radical (unpaired) electrons. The Morgan fingerprint density at radius 1 is 1.12 bits per heavy atom. The first-order valence-corrected chi connectivity index (χ1v) is 5.49. The van der Waals surface area contributed by atoms with Gasteiger partial charge in [0.1, 0.15) is 6.61 Å². The molecule has 0 saturated heterocycles. The van der Waals surface area contributed by atoms with Crippen molar-refractivity contribution >= 4 is 11.9 Å². The van der Waals surface area contributed by atoms with Gasteiger partial charge in [0.2, 0.25) is 0 Å². The van der Waals surface area contributed by atoms with Gasteiger partial charge in [0.25, 0.3) is 0 Å². The number of hydrogen-bond donors (Lipinski definition) is 0. The maximum absolute atomic E-state index is 10.9. The van der Waals surface area contributed by atoms with E-state index in [-0.39, 0.29) is 11.9 Å². The molecule has 4 heteroatoms. The van der Waals surface area contributed by atoms with E-state index in [9.17, 15) is 9.59 Å². The number of allylic oxidation sites excluding steroid dienone is 2. The van der Waals surface area contributed by atoms with Gasteiger partial charge >= 0.3 is 11.9 Å². The maximum Gasteiger partial charge on any atom is 0.330 e. The summed E-state index contributed by atoms with van der Waals surface area (Å²) < 4.78 is 9.37. The van der Waals surface area contributed by atoms with E-state index in [1.807, 2.05) is 19.9 Å². The molecule has 0 aliphatic carbocycles. The van der Waals surface area contributed by atoms with Crippen molar-refractivity contribution in [2.75, 3.05) is 13.7 Å². The van der Waals surface area contributed by atoms with Crippen molar-refractivity contribution in [3.05, 3.63) is 23.3 Å². The Labute approximate surface area is 102 Å². The van der Waals surface area contributed by atoms with Crippen LogP contribution in [0.4, 0.5) is 0 Å². The van der Waals surface area contributed by atoms with Crippen molar-refractivity contribution in [2.45, 2.75) is 33.6 Å². The van der Waals surface area contributed by atoms with Crippen LogP contribution >= 0.6 is 0 Å². The minimum atomic E-state index is -0.330. The predicted molar refractivity (Wildman–Crippen MR) is 65.4 cm³/mol. The molecular formula is C13H20O4. The van der Waals surface area contributed by atoms with E-state index in [0.717, 1.165) is 24.0 Å². The van der Waals surface area contributed by atoms with E-state index in [1.54, 1.807) is 0 Å². The van der Waals surface area contributed by atoms with Crippen LogP contribution in [0.2, 0.25) is 0 Å². The summed E-state index contributed by atoms with van der Waals surface area (Å²) in [4.78, 5) is 21.5. The van der Waals surface area contributed by atoms with E-state index in [2.05, 4.69) is 4.74 Å². The lowest BCUT2D eigenvalue weighted by molar-refractivity contribution is -0.140. The Morgan fingerprint density at radius 3 is 2.29 bits per heavy atom. The number of hydrogen-bond acceptors (Lipinski definition) is 4. The van der Waals surface area contributed by atoms with Gasteiger partial charge in [-0.05, 0) is 32.3 Å². The van der Waals surface area contributed by atoms with Gasteiger partial charge in [0.05, 0.1) is 7.11 Å². The highest BCUT2D eigenvalue weighted by atomic mass is 16.5. The highest BCUT2D eigenvalue weighted by Gasteiger charge is 1.97. The van der Waals surface area contributed by atoms with Crippen LogP contribution in [0.25, 0.3) is 0 Å². The summed E-state index contributed by atoms with van der Waals surface area (Å²) in [7, 11) is 1.36. The average Bonchev–Trinajstić information content (AvgIpc) is 2.26. The lowest BCUT2D eigenvalue weighted by Crippen LogP contribution is -2.01. The summed E-state index contributed by atoms with van der Waals surface area (Å²) in [6, 6.07) is 0. The SMILES string of the molecule is COC(=O)/C=C(\C)CC/C=C(/C)COC(C)=O. The standard InChI is InChI=1S/C13H20O4/c1-10(8-13(15)16-4)6-5-7-11(2)9-17-12(3)14/h7-8H,5-6,9H2,1-4H3/b10-8+,11-7-. The topological polar surface area (TPSA) is 52.6 Å². The number of esters is 2. The first-order valence-electron chi connectivity index (χ1n) is 5.49. The molecule has 4 nitrogen and oxygen atoms in total. The van der Waals surface area contributed by atoms with Crippen LogP contribution in [-0.2, 0) is 19.1 Å². The summed E-state index contributed by atoms with van der Waals surface area (Å²) in [5.41, 5.74) is 1.97. The fraction of sp³-hybridized carbons (Fsp3) is 0.538. The second kappa shape index (κ2) is 8.56. The summed E-state index contributed by atoms with van der Waals surface area (Å²) >= 11 is 0. The summed E-state index contributed by atoms with van der Waals surface area (Å²) in [5.74, 6) is -0.609. The van der Waals surface area contributed by atoms with Gasteiger partial charge in [0, 0.05) is 13.0 Å². The predicted octanol–water partition coefficient (Wildman–Crippen LogP) is 2.40. The summed E-state index contributed by atoms with van der Waals surface area (Å²) in [5, 5.41) is 0. The van der Waals surface area contributed by atoms with Crippen LogP contribution < -0.4 is 0 Å². The summed E-state index contributed by atoms with van der Waals surface area (Å²) in [6.45, 7) is 5.50. The minimum Gasteiger partial charge on any atom is -0.466 e. The normalized spacial score (nSPS) is 12.2. The van der Waals surface area contributed by atoms with Crippen LogP contribution in [0.15, 0.2) is 23.3 Å². The van der Waals surface area contributed by atoms with Crippen LogP contribution in [0, 0.1) is 0 Å². The molecule has 0 saturated carbocycles. The van der Waals surface area contributed by atoms with Gasteiger partial charge in [-0.3, -0.25) is 4.79 Å². The van der Waals surface area contributed by atoms with Crippen molar-refractivity contribution in [1.82, 2.24) is 0 Å².